The van der Waals surface area contributed by atoms with E-state index in [1.54, 1.807) is 26.0 Å². The molecule has 2 saturated heterocycles. The molecule has 2 heterocycles. The number of nitrogens with zero attached hydrogens (tertiary/aromatic N) is 3. The van der Waals surface area contributed by atoms with E-state index in [-0.39, 0.29) is 18.0 Å². The summed E-state index contributed by atoms with van der Waals surface area (Å²) < 4.78 is 54.1. The minimum Gasteiger partial charge on any atom is -0.360 e. The van der Waals surface area contributed by atoms with E-state index in [9.17, 15) is 8.42 Å². The minimum absolute atomic E-state index is 0.0352. The summed E-state index contributed by atoms with van der Waals surface area (Å²) in [4.78, 5) is 2.67. The second-order valence-electron chi connectivity index (χ2n) is 7.36. The van der Waals surface area contributed by atoms with Crippen LogP contribution in [0.1, 0.15) is 19.4 Å². The number of hydrogen-bond acceptors (Lipinski definition) is 8. The highest BCUT2D eigenvalue weighted by molar-refractivity contribution is 7.86. The lowest BCUT2D eigenvalue weighted by Crippen LogP contribution is -2.45. The van der Waals surface area contributed by atoms with E-state index in [4.69, 9.17) is 35.1 Å². The Labute approximate surface area is 175 Å². The third kappa shape index (κ3) is 4.94. The molecule has 0 amide bonds. The molecule has 3 rings (SSSR count). The second kappa shape index (κ2) is 8.91. The summed E-state index contributed by atoms with van der Waals surface area (Å²) in [5, 5.41) is 3.48. The Morgan fingerprint density at radius 1 is 1.33 bits per heavy atom. The van der Waals surface area contributed by atoms with Crippen molar-refractivity contribution >= 4 is 10.1 Å². The summed E-state index contributed by atoms with van der Waals surface area (Å²) in [6.45, 7) is 4.90. The lowest BCUT2D eigenvalue weighted by Gasteiger charge is -2.29. The smallest absolute Gasteiger partial charge is 0.297 e. The first kappa shape index (κ1) is 22.5. The molecule has 0 saturated carbocycles. The molecule has 1 aromatic rings. The number of fused-ring (bicyclic) bond motifs is 1. The average Bonchev–Trinajstić information content (AvgIpc) is 3.15. The van der Waals surface area contributed by atoms with Crippen molar-refractivity contribution in [1.82, 2.24) is 0 Å². The van der Waals surface area contributed by atoms with Crippen LogP contribution in [0.3, 0.4) is 0 Å². The Hall–Kier alpha value is -2.16. The van der Waals surface area contributed by atoms with Crippen LogP contribution in [0.15, 0.2) is 34.3 Å². The third-order valence-corrected chi connectivity index (χ3v) is 5.99. The number of terminal acetylenes is 1. The molecular formula is C19H23N3O7S. The van der Waals surface area contributed by atoms with Crippen molar-refractivity contribution in [3.8, 4) is 12.3 Å². The van der Waals surface area contributed by atoms with Crippen LogP contribution in [0.5, 0.6) is 0 Å². The topological polar surface area (TPSA) is 129 Å². The predicted molar refractivity (Wildman–Crippen MR) is 105 cm³/mol. The zero-order chi connectivity index (χ0) is 21.9. The SMILES string of the molecule is C#CCO[C@H]1[C@H]2OC(C)(C)O[C@H]2O[C@@H]1[C@@H](CN=[N+]=[N-])OS(=O)(=O)c1ccc(C)cc1. The van der Waals surface area contributed by atoms with Crippen LogP contribution >= 0.6 is 0 Å². The van der Waals surface area contributed by atoms with Crippen molar-refractivity contribution in [3.63, 3.8) is 0 Å². The molecule has 2 fully saturated rings. The van der Waals surface area contributed by atoms with Crippen molar-refractivity contribution in [2.45, 2.75) is 62.2 Å². The molecule has 0 N–H and O–H groups in total. The van der Waals surface area contributed by atoms with Gasteiger partial charge in [-0.1, -0.05) is 28.7 Å². The molecule has 0 radical (unpaired) electrons. The maximum atomic E-state index is 12.8. The summed E-state index contributed by atoms with van der Waals surface area (Å²) in [7, 11) is -4.18. The molecule has 2 aliphatic heterocycles. The Morgan fingerprint density at radius 3 is 2.67 bits per heavy atom. The van der Waals surface area contributed by atoms with Crippen molar-refractivity contribution in [2.75, 3.05) is 13.2 Å². The highest BCUT2D eigenvalue weighted by atomic mass is 32.2. The highest BCUT2D eigenvalue weighted by Crippen LogP contribution is 2.40. The van der Waals surface area contributed by atoms with Gasteiger partial charge in [0.05, 0.1) is 11.4 Å². The van der Waals surface area contributed by atoms with Crippen LogP contribution in [0, 0.1) is 19.3 Å². The Kier molecular flexibility index (Phi) is 6.69. The van der Waals surface area contributed by atoms with Crippen LogP contribution < -0.4 is 0 Å². The molecule has 162 valence electrons. The van der Waals surface area contributed by atoms with Crippen molar-refractivity contribution < 1.29 is 31.5 Å². The fourth-order valence-electron chi connectivity index (χ4n) is 3.37. The van der Waals surface area contributed by atoms with Gasteiger partial charge in [0.25, 0.3) is 10.1 Å². The zero-order valence-electron chi connectivity index (χ0n) is 16.8. The van der Waals surface area contributed by atoms with E-state index < -0.39 is 46.6 Å². The van der Waals surface area contributed by atoms with Crippen LogP contribution in [0.4, 0.5) is 0 Å². The molecule has 30 heavy (non-hydrogen) atoms. The first-order valence-corrected chi connectivity index (χ1v) is 10.6. The van der Waals surface area contributed by atoms with Gasteiger partial charge in [0, 0.05) is 4.91 Å². The molecule has 0 spiro atoms. The van der Waals surface area contributed by atoms with Gasteiger partial charge in [0.2, 0.25) is 0 Å². The molecule has 10 nitrogen and oxygen atoms in total. The lowest BCUT2D eigenvalue weighted by molar-refractivity contribution is -0.226. The van der Waals surface area contributed by atoms with E-state index in [1.807, 2.05) is 6.92 Å². The standard InChI is InChI=1S/C19H23N3O7S/c1-5-10-25-16-15(26-18-17(16)27-19(3,4)28-18)14(11-21-22-20)29-30(23,24)13-8-6-12(2)7-9-13/h1,6-9,14-18H,10-11H2,2-4H3/t14-,15-,16-,17-,18-/m1/s1. The van der Waals surface area contributed by atoms with Gasteiger partial charge in [-0.05, 0) is 38.4 Å². The number of aryl methyl sites for hydroxylation is 1. The largest absolute Gasteiger partial charge is 0.360 e. The van der Waals surface area contributed by atoms with E-state index in [0.29, 0.717) is 0 Å². The normalized spacial score (nSPS) is 28.3. The van der Waals surface area contributed by atoms with Crippen molar-refractivity contribution in [1.29, 1.82) is 0 Å². The number of hydrogen-bond donors (Lipinski definition) is 0. The molecule has 0 aromatic heterocycles. The van der Waals surface area contributed by atoms with Gasteiger partial charge in [-0.25, -0.2) is 0 Å². The molecule has 1 aromatic carbocycles. The van der Waals surface area contributed by atoms with Gasteiger partial charge in [0.1, 0.15) is 31.0 Å². The van der Waals surface area contributed by atoms with Crippen LogP contribution in [0.2, 0.25) is 0 Å². The highest BCUT2D eigenvalue weighted by Gasteiger charge is 2.57. The van der Waals surface area contributed by atoms with Crippen LogP contribution in [-0.4, -0.2) is 58.1 Å². The summed E-state index contributed by atoms with van der Waals surface area (Å²) >= 11 is 0. The van der Waals surface area contributed by atoms with Gasteiger partial charge in [-0.15, -0.1) is 6.42 Å². The summed E-state index contributed by atoms with van der Waals surface area (Å²) in [5.41, 5.74) is 9.64. The molecule has 2 aliphatic rings. The fraction of sp³-hybridized carbons (Fsp3) is 0.579. The number of azide groups is 1. The number of rotatable bonds is 8. The zero-order valence-corrected chi connectivity index (χ0v) is 17.6. The lowest BCUT2D eigenvalue weighted by atomic mass is 10.1. The first-order valence-electron chi connectivity index (χ1n) is 9.24. The summed E-state index contributed by atoms with van der Waals surface area (Å²) in [5.74, 6) is 1.45. The number of benzene rings is 1. The minimum atomic E-state index is -4.18. The summed E-state index contributed by atoms with van der Waals surface area (Å²) in [6.07, 6.45) is 0.900. The monoisotopic (exact) mass is 437 g/mol. The maximum absolute atomic E-state index is 12.8. The van der Waals surface area contributed by atoms with E-state index >= 15 is 0 Å². The van der Waals surface area contributed by atoms with Crippen molar-refractivity contribution in [2.24, 2.45) is 5.11 Å². The molecule has 0 unspecified atom stereocenters. The quantitative estimate of drug-likeness (QED) is 0.200. The van der Waals surface area contributed by atoms with E-state index in [2.05, 4.69) is 15.9 Å². The van der Waals surface area contributed by atoms with Crippen LogP contribution in [0.25, 0.3) is 10.4 Å². The Bertz CT molecular complexity index is 951. The van der Waals surface area contributed by atoms with Gasteiger partial charge in [-0.3, -0.25) is 4.18 Å². The molecule has 0 bridgehead atoms. The van der Waals surface area contributed by atoms with Gasteiger partial charge >= 0.3 is 0 Å². The van der Waals surface area contributed by atoms with Crippen molar-refractivity contribution in [3.05, 3.63) is 40.3 Å². The van der Waals surface area contributed by atoms with Gasteiger partial charge < -0.3 is 18.9 Å². The first-order chi connectivity index (χ1) is 14.2. The number of ether oxygens (including phenoxy) is 4. The molecule has 5 atom stereocenters. The molecular weight excluding hydrogens is 414 g/mol. The van der Waals surface area contributed by atoms with Gasteiger partial charge in [-0.2, -0.15) is 8.42 Å². The summed E-state index contributed by atoms with van der Waals surface area (Å²) in [6, 6.07) is 6.16. The Morgan fingerprint density at radius 2 is 2.03 bits per heavy atom. The molecule has 0 aliphatic carbocycles. The third-order valence-electron chi connectivity index (χ3n) is 4.64. The average molecular weight is 437 g/mol. The van der Waals surface area contributed by atoms with E-state index in [0.717, 1.165) is 5.56 Å². The van der Waals surface area contributed by atoms with Gasteiger partial charge in [0.15, 0.2) is 12.1 Å². The Balaban J connectivity index is 1.87. The molecule has 11 heteroatoms. The fourth-order valence-corrected chi connectivity index (χ4v) is 4.44. The van der Waals surface area contributed by atoms with E-state index in [1.165, 1.54) is 12.1 Å². The second-order valence-corrected chi connectivity index (χ2v) is 8.94. The maximum Gasteiger partial charge on any atom is 0.297 e. The predicted octanol–water partition coefficient (Wildman–Crippen LogP) is 2.27. The van der Waals surface area contributed by atoms with Crippen LogP contribution in [-0.2, 0) is 33.2 Å².